The summed E-state index contributed by atoms with van der Waals surface area (Å²) >= 11 is 6.39. The zero-order chi connectivity index (χ0) is 22.2. The number of nitrogens with one attached hydrogen (secondary N) is 1. The lowest BCUT2D eigenvalue weighted by Crippen LogP contribution is -2.25. The molecule has 2 aromatic carbocycles. The van der Waals surface area contributed by atoms with Crippen LogP contribution in [0, 0.1) is 0 Å². The molecule has 1 saturated heterocycles. The highest BCUT2D eigenvalue weighted by Crippen LogP contribution is 2.32. The third-order valence-electron chi connectivity index (χ3n) is 6.15. The van der Waals surface area contributed by atoms with Gasteiger partial charge in [-0.15, -0.1) is 0 Å². The quantitative estimate of drug-likeness (QED) is 0.649. The first-order chi connectivity index (χ1) is 15.5. The Labute approximate surface area is 190 Å². The molecule has 1 fully saturated rings. The van der Waals surface area contributed by atoms with Crippen molar-refractivity contribution in [1.82, 2.24) is 9.55 Å². The number of amides is 2. The summed E-state index contributed by atoms with van der Waals surface area (Å²) in [6.07, 6.45) is 5.19. The lowest BCUT2D eigenvalue weighted by atomic mass is 10.1. The van der Waals surface area contributed by atoms with Crippen molar-refractivity contribution >= 4 is 45.7 Å². The number of nitrogens with zero attached hydrogens (tertiary/aromatic N) is 3. The third kappa shape index (κ3) is 3.77. The minimum atomic E-state index is -0.315. The van der Waals surface area contributed by atoms with Gasteiger partial charge in [-0.3, -0.25) is 19.0 Å². The molecule has 0 aliphatic carbocycles. The molecule has 0 saturated carbocycles. The highest BCUT2D eigenvalue weighted by molar-refractivity contribution is 6.34. The van der Waals surface area contributed by atoms with E-state index in [1.54, 1.807) is 45.9 Å². The molecule has 0 bridgehead atoms. The van der Waals surface area contributed by atoms with Gasteiger partial charge in [0.15, 0.2) is 0 Å². The van der Waals surface area contributed by atoms with Crippen molar-refractivity contribution < 1.29 is 9.59 Å². The Hall–Kier alpha value is -3.19. The van der Waals surface area contributed by atoms with Gasteiger partial charge in [0.25, 0.3) is 11.5 Å². The minimum Gasteiger partial charge on any atom is -0.322 e. The summed E-state index contributed by atoms with van der Waals surface area (Å²) in [5.74, 6) is 0.530. The molecule has 0 atom stereocenters. The monoisotopic (exact) mass is 450 g/mol. The highest BCUT2D eigenvalue weighted by Gasteiger charge is 2.24. The number of fused-ring (bicyclic) bond motifs is 2. The number of anilines is 2. The van der Waals surface area contributed by atoms with Gasteiger partial charge in [-0.05, 0) is 55.7 Å². The van der Waals surface area contributed by atoms with Crippen LogP contribution in [0.2, 0.25) is 5.02 Å². The van der Waals surface area contributed by atoms with Gasteiger partial charge in [-0.2, -0.15) is 0 Å². The highest BCUT2D eigenvalue weighted by atomic mass is 35.5. The van der Waals surface area contributed by atoms with Crippen LogP contribution in [0.15, 0.2) is 41.2 Å². The maximum Gasteiger partial charge on any atom is 0.261 e. The van der Waals surface area contributed by atoms with Crippen LogP contribution in [0.5, 0.6) is 0 Å². The summed E-state index contributed by atoms with van der Waals surface area (Å²) in [5, 5.41) is 3.78. The first kappa shape index (κ1) is 20.7. The van der Waals surface area contributed by atoms with Gasteiger partial charge in [0.05, 0.1) is 21.6 Å². The normalized spacial score (nSPS) is 16.2. The molecule has 2 aliphatic rings. The van der Waals surface area contributed by atoms with Gasteiger partial charge >= 0.3 is 0 Å². The van der Waals surface area contributed by atoms with Crippen LogP contribution in [0.4, 0.5) is 11.4 Å². The van der Waals surface area contributed by atoms with Crippen LogP contribution in [-0.4, -0.2) is 27.9 Å². The second-order valence-electron chi connectivity index (χ2n) is 8.30. The molecule has 2 aliphatic heterocycles. The molecule has 8 heteroatoms. The van der Waals surface area contributed by atoms with E-state index in [1.807, 2.05) is 0 Å². The first-order valence-corrected chi connectivity index (χ1v) is 11.3. The fourth-order valence-electron chi connectivity index (χ4n) is 4.47. The summed E-state index contributed by atoms with van der Waals surface area (Å²) in [6, 6.07) is 10.1. The summed E-state index contributed by atoms with van der Waals surface area (Å²) in [6.45, 7) is 1.34. The van der Waals surface area contributed by atoms with Gasteiger partial charge in [-0.1, -0.05) is 18.0 Å². The number of hydrogen-bond acceptors (Lipinski definition) is 4. The number of halogens is 1. The summed E-state index contributed by atoms with van der Waals surface area (Å²) in [7, 11) is 0. The van der Waals surface area contributed by atoms with Crippen LogP contribution in [-0.2, 0) is 17.8 Å². The number of aromatic nitrogens is 2. The standard InChI is InChI=1S/C24H23ClN4O3/c25-18-14-16(8-10-20(18)28-12-4-6-22(28)30)26-23(31)15-7-9-17-19(13-15)27-21-5-2-1-3-11-29(21)24(17)32/h7-10,13-14H,1-6,11-12H2,(H,26,31). The molecule has 0 unspecified atom stereocenters. The largest absolute Gasteiger partial charge is 0.322 e. The van der Waals surface area contributed by atoms with E-state index in [2.05, 4.69) is 10.3 Å². The van der Waals surface area contributed by atoms with Crippen molar-refractivity contribution in [3.05, 3.63) is 63.2 Å². The molecule has 32 heavy (non-hydrogen) atoms. The molecule has 1 N–H and O–H groups in total. The molecular weight excluding hydrogens is 428 g/mol. The molecule has 1 aromatic heterocycles. The van der Waals surface area contributed by atoms with Crippen molar-refractivity contribution in [2.75, 3.05) is 16.8 Å². The van der Waals surface area contributed by atoms with E-state index in [-0.39, 0.29) is 17.4 Å². The smallest absolute Gasteiger partial charge is 0.261 e. The van der Waals surface area contributed by atoms with E-state index in [0.717, 1.165) is 37.9 Å². The Balaban J connectivity index is 1.41. The van der Waals surface area contributed by atoms with Crippen molar-refractivity contribution in [2.24, 2.45) is 0 Å². The van der Waals surface area contributed by atoms with E-state index >= 15 is 0 Å². The van der Waals surface area contributed by atoms with Gasteiger partial charge in [0, 0.05) is 37.2 Å². The summed E-state index contributed by atoms with van der Waals surface area (Å²) in [4.78, 5) is 44.1. The maximum absolute atomic E-state index is 12.9. The number of aryl methyl sites for hydroxylation is 1. The Morgan fingerprint density at radius 1 is 0.969 bits per heavy atom. The maximum atomic E-state index is 12.9. The van der Waals surface area contributed by atoms with Crippen LogP contribution in [0.1, 0.15) is 48.3 Å². The average molecular weight is 451 g/mol. The first-order valence-electron chi connectivity index (χ1n) is 11.0. The molecule has 3 heterocycles. The van der Waals surface area contributed by atoms with E-state index in [0.29, 0.717) is 52.4 Å². The van der Waals surface area contributed by atoms with Crippen LogP contribution < -0.4 is 15.8 Å². The Morgan fingerprint density at radius 3 is 2.62 bits per heavy atom. The van der Waals surface area contributed by atoms with Crippen molar-refractivity contribution in [3.8, 4) is 0 Å². The van der Waals surface area contributed by atoms with Crippen LogP contribution in [0.3, 0.4) is 0 Å². The summed E-state index contributed by atoms with van der Waals surface area (Å²) in [5.41, 5.74) is 2.10. The van der Waals surface area contributed by atoms with Gasteiger partial charge in [-0.25, -0.2) is 4.98 Å². The molecule has 7 nitrogen and oxygen atoms in total. The van der Waals surface area contributed by atoms with E-state index in [4.69, 9.17) is 11.6 Å². The molecular formula is C24H23ClN4O3. The number of hydrogen-bond donors (Lipinski definition) is 1. The molecule has 3 aromatic rings. The fourth-order valence-corrected chi connectivity index (χ4v) is 4.75. The Bertz CT molecular complexity index is 1300. The molecule has 5 rings (SSSR count). The average Bonchev–Trinajstić information content (AvgIpc) is 3.05. The van der Waals surface area contributed by atoms with E-state index in [1.165, 1.54) is 0 Å². The topological polar surface area (TPSA) is 84.3 Å². The van der Waals surface area contributed by atoms with Crippen molar-refractivity contribution in [3.63, 3.8) is 0 Å². The van der Waals surface area contributed by atoms with Crippen LogP contribution in [0.25, 0.3) is 10.9 Å². The number of carbonyl (C=O) groups is 2. The van der Waals surface area contributed by atoms with E-state index in [9.17, 15) is 14.4 Å². The Morgan fingerprint density at radius 2 is 1.84 bits per heavy atom. The number of carbonyl (C=O) groups excluding carboxylic acids is 2. The summed E-state index contributed by atoms with van der Waals surface area (Å²) < 4.78 is 1.77. The SMILES string of the molecule is O=C(Nc1ccc(N2CCCC2=O)c(Cl)c1)c1ccc2c(=O)n3c(nc2c1)CCCCC3. The Kier molecular flexibility index (Phi) is 5.43. The van der Waals surface area contributed by atoms with Crippen molar-refractivity contribution in [1.29, 1.82) is 0 Å². The second kappa shape index (κ2) is 8.39. The predicted octanol–water partition coefficient (Wildman–Crippen LogP) is 4.16. The molecule has 0 spiro atoms. The van der Waals surface area contributed by atoms with Gasteiger partial charge in [0.2, 0.25) is 5.91 Å². The number of rotatable bonds is 3. The zero-order valence-corrected chi connectivity index (χ0v) is 18.3. The van der Waals surface area contributed by atoms with Crippen molar-refractivity contribution in [2.45, 2.75) is 45.1 Å². The minimum absolute atomic E-state index is 0.0438. The molecule has 164 valence electrons. The van der Waals surface area contributed by atoms with Gasteiger partial charge < -0.3 is 10.2 Å². The lowest BCUT2D eigenvalue weighted by molar-refractivity contribution is -0.117. The zero-order valence-electron chi connectivity index (χ0n) is 17.6. The molecule has 2 amide bonds. The second-order valence-corrected chi connectivity index (χ2v) is 8.70. The lowest BCUT2D eigenvalue weighted by Gasteiger charge is -2.18. The fraction of sp³-hybridized carbons (Fsp3) is 0.333. The van der Waals surface area contributed by atoms with Gasteiger partial charge in [0.1, 0.15) is 5.82 Å². The third-order valence-corrected chi connectivity index (χ3v) is 6.45. The molecule has 0 radical (unpaired) electrons. The number of benzene rings is 2. The van der Waals surface area contributed by atoms with E-state index < -0.39 is 0 Å². The van der Waals surface area contributed by atoms with Crippen LogP contribution >= 0.6 is 11.6 Å². The predicted molar refractivity (Wildman–Crippen MR) is 125 cm³/mol.